The minimum Gasteiger partial charge on any atom is -0.313 e. The topological polar surface area (TPSA) is 29.9 Å². The van der Waals surface area contributed by atoms with Gasteiger partial charge in [0.1, 0.15) is 11.0 Å². The monoisotopic (exact) mass is 281 g/mol. The lowest BCUT2D eigenvalue weighted by molar-refractivity contribution is 0.584. The van der Waals surface area contributed by atoms with Crippen LogP contribution in [0.4, 0.5) is 4.39 Å². The number of nitrogens with zero attached hydrogens (tertiary/aromatic N) is 2. The second-order valence-electron chi connectivity index (χ2n) is 4.58. The maximum Gasteiger partial charge on any atom is 0.130 e. The molecular formula is C14H17ClFN3. The first-order valence-electron chi connectivity index (χ1n) is 6.13. The smallest absolute Gasteiger partial charge is 0.130 e. The maximum atomic E-state index is 13.0. The molecule has 0 spiro atoms. The Morgan fingerprint density at radius 1 is 1.37 bits per heavy atom. The molecule has 0 saturated heterocycles. The van der Waals surface area contributed by atoms with E-state index in [0.717, 1.165) is 23.2 Å². The van der Waals surface area contributed by atoms with Gasteiger partial charge in [-0.2, -0.15) is 5.10 Å². The molecule has 1 N–H and O–H groups in total. The van der Waals surface area contributed by atoms with Gasteiger partial charge in [-0.15, -0.1) is 0 Å². The highest BCUT2D eigenvalue weighted by atomic mass is 35.5. The Morgan fingerprint density at radius 3 is 2.47 bits per heavy atom. The summed E-state index contributed by atoms with van der Waals surface area (Å²) in [6, 6.07) is 6.60. The Hall–Kier alpha value is -1.39. The number of halogens is 2. The lowest BCUT2D eigenvalue weighted by atomic mass is 9.99. The maximum absolute atomic E-state index is 13.0. The van der Waals surface area contributed by atoms with Crippen LogP contribution in [0.5, 0.6) is 0 Å². The van der Waals surface area contributed by atoms with Crippen LogP contribution in [0.1, 0.15) is 22.9 Å². The Bertz CT molecular complexity index is 563. The van der Waals surface area contributed by atoms with Crippen LogP contribution in [-0.4, -0.2) is 16.8 Å². The van der Waals surface area contributed by atoms with Crippen LogP contribution in [0.15, 0.2) is 24.3 Å². The zero-order chi connectivity index (χ0) is 14.0. The Labute approximate surface area is 117 Å². The number of rotatable bonds is 4. The molecule has 0 aliphatic heterocycles. The average molecular weight is 282 g/mol. The molecular weight excluding hydrogens is 265 g/mol. The number of aryl methyl sites for hydroxylation is 2. The van der Waals surface area contributed by atoms with Crippen LogP contribution >= 0.6 is 11.6 Å². The first-order valence-corrected chi connectivity index (χ1v) is 6.51. The standard InChI is InChI=1S/C14H17ClFN3/c1-9-12(14(15)19(3)18-9)8-13(17-2)10-4-6-11(16)7-5-10/h4-7,13,17H,8H2,1-3H3. The summed E-state index contributed by atoms with van der Waals surface area (Å²) in [5.74, 6) is -0.228. The highest BCUT2D eigenvalue weighted by Crippen LogP contribution is 2.25. The fourth-order valence-corrected chi connectivity index (χ4v) is 2.44. The van der Waals surface area contributed by atoms with Crippen molar-refractivity contribution in [2.75, 3.05) is 7.05 Å². The minimum atomic E-state index is -0.228. The van der Waals surface area contributed by atoms with Gasteiger partial charge in [0.2, 0.25) is 0 Å². The Kier molecular flexibility index (Phi) is 4.22. The van der Waals surface area contributed by atoms with Gasteiger partial charge in [-0.1, -0.05) is 23.7 Å². The van der Waals surface area contributed by atoms with Crippen molar-refractivity contribution >= 4 is 11.6 Å². The van der Waals surface area contributed by atoms with Gasteiger partial charge in [-0.05, 0) is 38.1 Å². The summed E-state index contributed by atoms with van der Waals surface area (Å²) in [6.07, 6.45) is 0.723. The molecule has 0 radical (unpaired) electrons. The van der Waals surface area contributed by atoms with Crippen LogP contribution in [0.2, 0.25) is 5.15 Å². The second-order valence-corrected chi connectivity index (χ2v) is 4.93. The first-order chi connectivity index (χ1) is 9.02. The average Bonchev–Trinajstić information content (AvgIpc) is 2.63. The van der Waals surface area contributed by atoms with Crippen molar-refractivity contribution in [2.24, 2.45) is 7.05 Å². The third-order valence-corrected chi connectivity index (χ3v) is 3.77. The summed E-state index contributed by atoms with van der Waals surface area (Å²) < 4.78 is 14.6. The lowest BCUT2D eigenvalue weighted by Crippen LogP contribution is -2.19. The van der Waals surface area contributed by atoms with E-state index in [4.69, 9.17) is 11.6 Å². The summed E-state index contributed by atoms with van der Waals surface area (Å²) >= 11 is 6.24. The van der Waals surface area contributed by atoms with Crippen molar-refractivity contribution in [1.29, 1.82) is 0 Å². The van der Waals surface area contributed by atoms with E-state index >= 15 is 0 Å². The molecule has 0 fully saturated rings. The molecule has 1 unspecified atom stereocenters. The summed E-state index contributed by atoms with van der Waals surface area (Å²) in [4.78, 5) is 0. The molecule has 3 nitrogen and oxygen atoms in total. The van der Waals surface area contributed by atoms with Crippen molar-refractivity contribution in [2.45, 2.75) is 19.4 Å². The van der Waals surface area contributed by atoms with Crippen molar-refractivity contribution < 1.29 is 4.39 Å². The molecule has 1 aromatic heterocycles. The van der Waals surface area contributed by atoms with Crippen LogP contribution < -0.4 is 5.32 Å². The van der Waals surface area contributed by atoms with E-state index in [1.165, 1.54) is 12.1 Å². The predicted octanol–water partition coefficient (Wildman–Crippen LogP) is 3.02. The van der Waals surface area contributed by atoms with Crippen molar-refractivity contribution in [3.63, 3.8) is 0 Å². The molecule has 2 rings (SSSR count). The van der Waals surface area contributed by atoms with E-state index in [1.54, 1.807) is 16.8 Å². The molecule has 5 heteroatoms. The number of nitrogens with one attached hydrogen (secondary N) is 1. The molecule has 1 atom stereocenters. The third-order valence-electron chi connectivity index (χ3n) is 3.30. The molecule has 2 aromatic rings. The van der Waals surface area contributed by atoms with Crippen LogP contribution in [-0.2, 0) is 13.5 Å². The number of hydrogen-bond acceptors (Lipinski definition) is 2. The summed E-state index contributed by atoms with van der Waals surface area (Å²) in [6.45, 7) is 1.94. The molecule has 102 valence electrons. The number of aromatic nitrogens is 2. The van der Waals surface area contributed by atoms with Gasteiger partial charge in [-0.25, -0.2) is 4.39 Å². The van der Waals surface area contributed by atoms with Gasteiger partial charge in [0.15, 0.2) is 0 Å². The summed E-state index contributed by atoms with van der Waals surface area (Å²) in [5, 5.41) is 8.19. The normalized spacial score (nSPS) is 12.7. The molecule has 0 aliphatic rings. The summed E-state index contributed by atoms with van der Waals surface area (Å²) in [7, 11) is 3.71. The van der Waals surface area contributed by atoms with Crippen molar-refractivity contribution in [3.8, 4) is 0 Å². The van der Waals surface area contributed by atoms with E-state index in [2.05, 4.69) is 10.4 Å². The first kappa shape index (κ1) is 14.0. The quantitative estimate of drug-likeness (QED) is 0.934. The van der Waals surface area contributed by atoms with E-state index in [1.807, 2.05) is 21.0 Å². The molecule has 1 aromatic carbocycles. The minimum absolute atomic E-state index is 0.0843. The zero-order valence-corrected chi connectivity index (χ0v) is 12.0. The highest BCUT2D eigenvalue weighted by molar-refractivity contribution is 6.30. The zero-order valence-electron chi connectivity index (χ0n) is 11.2. The third kappa shape index (κ3) is 2.96. The largest absolute Gasteiger partial charge is 0.313 e. The van der Waals surface area contributed by atoms with E-state index in [0.29, 0.717) is 5.15 Å². The van der Waals surface area contributed by atoms with Crippen LogP contribution in [0.25, 0.3) is 0 Å². The van der Waals surface area contributed by atoms with E-state index < -0.39 is 0 Å². The fourth-order valence-electron chi connectivity index (χ4n) is 2.19. The molecule has 19 heavy (non-hydrogen) atoms. The van der Waals surface area contributed by atoms with E-state index in [9.17, 15) is 4.39 Å². The second kappa shape index (κ2) is 5.72. The van der Waals surface area contributed by atoms with Crippen LogP contribution in [0.3, 0.4) is 0 Å². The van der Waals surface area contributed by atoms with Crippen LogP contribution in [0, 0.1) is 12.7 Å². The number of hydrogen-bond donors (Lipinski definition) is 1. The molecule has 0 aliphatic carbocycles. The van der Waals surface area contributed by atoms with Crippen molar-refractivity contribution in [3.05, 3.63) is 52.1 Å². The Morgan fingerprint density at radius 2 is 2.00 bits per heavy atom. The van der Waals surface area contributed by atoms with Gasteiger partial charge < -0.3 is 5.32 Å². The molecule has 0 saturated carbocycles. The van der Waals surface area contributed by atoms with Gasteiger partial charge in [-0.3, -0.25) is 4.68 Å². The van der Waals surface area contributed by atoms with Gasteiger partial charge in [0.05, 0.1) is 5.69 Å². The van der Waals surface area contributed by atoms with E-state index in [-0.39, 0.29) is 11.9 Å². The van der Waals surface area contributed by atoms with Gasteiger partial charge in [0.25, 0.3) is 0 Å². The molecule has 0 bridgehead atoms. The van der Waals surface area contributed by atoms with Gasteiger partial charge in [0, 0.05) is 18.7 Å². The molecule has 0 amide bonds. The predicted molar refractivity (Wildman–Crippen MR) is 74.9 cm³/mol. The van der Waals surface area contributed by atoms with Gasteiger partial charge >= 0.3 is 0 Å². The highest BCUT2D eigenvalue weighted by Gasteiger charge is 2.17. The summed E-state index contributed by atoms with van der Waals surface area (Å²) in [5.41, 5.74) is 2.98. The SMILES string of the molecule is CNC(Cc1c(C)nn(C)c1Cl)c1ccc(F)cc1. The molecule has 1 heterocycles. The fraction of sp³-hybridized carbons (Fsp3) is 0.357. The number of likely N-dealkylation sites (N-methyl/N-ethyl adjacent to an activating group) is 1. The lowest BCUT2D eigenvalue weighted by Gasteiger charge is -2.16. The van der Waals surface area contributed by atoms with Crippen molar-refractivity contribution in [1.82, 2.24) is 15.1 Å². The number of benzene rings is 1. The Balaban J connectivity index is 2.26.